The maximum absolute atomic E-state index is 13.3. The van der Waals surface area contributed by atoms with E-state index < -0.39 is 23.3 Å². The van der Waals surface area contributed by atoms with Crippen LogP contribution >= 0.6 is 0 Å². The number of ether oxygens (including phenoxy) is 1. The number of aliphatic hydroxyl groups excluding tert-OH is 1. The molecule has 0 amide bonds. The highest BCUT2D eigenvalue weighted by molar-refractivity contribution is 5.77. The first-order chi connectivity index (χ1) is 11.0. The van der Waals surface area contributed by atoms with Crippen molar-refractivity contribution in [3.05, 3.63) is 40.4 Å². The van der Waals surface area contributed by atoms with E-state index in [0.717, 1.165) is 25.2 Å². The van der Waals surface area contributed by atoms with Crippen LogP contribution in [0.4, 0.5) is 8.78 Å². The molecule has 0 radical (unpaired) electrons. The Balaban J connectivity index is 1.78. The molecular weight excluding hydrogens is 308 g/mol. The van der Waals surface area contributed by atoms with Crippen molar-refractivity contribution in [2.75, 3.05) is 32.8 Å². The van der Waals surface area contributed by atoms with Gasteiger partial charge in [0.05, 0.1) is 43.1 Å². The molecule has 1 aliphatic rings. The van der Waals surface area contributed by atoms with E-state index in [1.54, 1.807) is 0 Å². The maximum atomic E-state index is 13.3. The molecule has 0 saturated carbocycles. The monoisotopic (exact) mass is 325 g/mol. The van der Waals surface area contributed by atoms with Crippen molar-refractivity contribution in [3.63, 3.8) is 0 Å². The molecule has 1 aromatic carbocycles. The molecule has 1 atom stereocenters. The molecule has 124 valence electrons. The maximum Gasteiger partial charge on any atom is 0.261 e. The molecule has 2 aromatic rings. The first kappa shape index (κ1) is 16.0. The Bertz CT molecular complexity index is 759. The molecule has 0 spiro atoms. The molecule has 23 heavy (non-hydrogen) atoms. The molecule has 1 fully saturated rings. The van der Waals surface area contributed by atoms with E-state index in [1.807, 2.05) is 4.90 Å². The number of morpholine rings is 1. The zero-order valence-corrected chi connectivity index (χ0v) is 12.4. The Labute approximate surface area is 130 Å². The lowest BCUT2D eigenvalue weighted by Crippen LogP contribution is -2.42. The van der Waals surface area contributed by atoms with E-state index >= 15 is 0 Å². The number of halogens is 2. The summed E-state index contributed by atoms with van der Waals surface area (Å²) < 4.78 is 32.9. The highest BCUT2D eigenvalue weighted by Gasteiger charge is 2.17. The van der Waals surface area contributed by atoms with Gasteiger partial charge in [-0.05, 0) is 6.07 Å². The van der Waals surface area contributed by atoms with Crippen molar-refractivity contribution < 1.29 is 18.6 Å². The molecule has 1 unspecified atom stereocenters. The van der Waals surface area contributed by atoms with E-state index in [0.29, 0.717) is 19.8 Å². The number of nitrogens with zero attached hydrogens (tertiary/aromatic N) is 3. The summed E-state index contributed by atoms with van der Waals surface area (Å²) in [6.07, 6.45) is 0.472. The Morgan fingerprint density at radius 1 is 1.22 bits per heavy atom. The summed E-state index contributed by atoms with van der Waals surface area (Å²) in [4.78, 5) is 18.3. The fourth-order valence-corrected chi connectivity index (χ4v) is 2.65. The highest BCUT2D eigenvalue weighted by Crippen LogP contribution is 2.13. The van der Waals surface area contributed by atoms with Gasteiger partial charge in [0.1, 0.15) is 0 Å². The summed E-state index contributed by atoms with van der Waals surface area (Å²) in [5.41, 5.74) is -0.414. The molecule has 0 aliphatic carbocycles. The minimum atomic E-state index is -1.09. The van der Waals surface area contributed by atoms with Crippen LogP contribution in [0.2, 0.25) is 0 Å². The second-order valence-electron chi connectivity index (χ2n) is 5.55. The topological polar surface area (TPSA) is 67.6 Å². The fourth-order valence-electron chi connectivity index (χ4n) is 2.65. The Hall–Kier alpha value is -1.90. The number of benzene rings is 1. The van der Waals surface area contributed by atoms with Crippen LogP contribution in [-0.2, 0) is 11.3 Å². The lowest BCUT2D eigenvalue weighted by Gasteiger charge is -2.28. The second kappa shape index (κ2) is 6.69. The van der Waals surface area contributed by atoms with Crippen LogP contribution < -0.4 is 5.56 Å². The predicted octanol–water partition coefficient (Wildman–Crippen LogP) is 0.368. The Morgan fingerprint density at radius 3 is 2.65 bits per heavy atom. The fraction of sp³-hybridized carbons (Fsp3) is 0.467. The third-order valence-corrected chi connectivity index (χ3v) is 3.85. The van der Waals surface area contributed by atoms with Crippen molar-refractivity contribution >= 4 is 10.9 Å². The highest BCUT2D eigenvalue weighted by atomic mass is 19.2. The van der Waals surface area contributed by atoms with Gasteiger partial charge in [-0.15, -0.1) is 0 Å². The Kier molecular flexibility index (Phi) is 4.65. The number of aliphatic hydroxyl groups is 1. The average molecular weight is 325 g/mol. The molecule has 3 rings (SSSR count). The summed E-state index contributed by atoms with van der Waals surface area (Å²) in [6.45, 7) is 3.15. The number of fused-ring (bicyclic) bond motifs is 1. The molecule has 1 aromatic heterocycles. The van der Waals surface area contributed by atoms with Gasteiger partial charge >= 0.3 is 0 Å². The number of rotatable bonds is 4. The van der Waals surface area contributed by atoms with Crippen LogP contribution in [0.1, 0.15) is 0 Å². The van der Waals surface area contributed by atoms with Crippen molar-refractivity contribution in [1.29, 1.82) is 0 Å². The van der Waals surface area contributed by atoms with Crippen LogP contribution in [0, 0.1) is 11.6 Å². The predicted molar refractivity (Wildman–Crippen MR) is 79.2 cm³/mol. The Morgan fingerprint density at radius 2 is 1.91 bits per heavy atom. The molecule has 2 heterocycles. The van der Waals surface area contributed by atoms with E-state index in [4.69, 9.17) is 4.74 Å². The smallest absolute Gasteiger partial charge is 0.261 e. The number of hydrogen-bond donors (Lipinski definition) is 1. The SMILES string of the molecule is O=c1c2cc(F)c(F)cc2ncn1CC(O)CN1CCOCC1. The minimum absolute atomic E-state index is 0.00928. The lowest BCUT2D eigenvalue weighted by molar-refractivity contribution is 0.0113. The van der Waals surface area contributed by atoms with E-state index in [-0.39, 0.29) is 17.4 Å². The summed E-state index contributed by atoms with van der Waals surface area (Å²) in [5, 5.41) is 10.1. The van der Waals surface area contributed by atoms with E-state index in [2.05, 4.69) is 4.98 Å². The van der Waals surface area contributed by atoms with Gasteiger partial charge in [-0.25, -0.2) is 13.8 Å². The molecule has 8 heteroatoms. The van der Waals surface area contributed by atoms with Crippen molar-refractivity contribution in [2.24, 2.45) is 0 Å². The third-order valence-electron chi connectivity index (χ3n) is 3.85. The van der Waals surface area contributed by atoms with Crippen LogP contribution in [0.15, 0.2) is 23.3 Å². The molecule has 1 aliphatic heterocycles. The summed E-state index contributed by atoms with van der Waals surface area (Å²) in [6, 6.07) is 1.73. The first-order valence-electron chi connectivity index (χ1n) is 7.37. The average Bonchev–Trinajstić information content (AvgIpc) is 2.53. The first-order valence-corrected chi connectivity index (χ1v) is 7.37. The summed E-state index contributed by atoms with van der Waals surface area (Å²) >= 11 is 0. The summed E-state index contributed by atoms with van der Waals surface area (Å²) in [5.74, 6) is -2.14. The molecule has 1 N–H and O–H groups in total. The molecule has 6 nitrogen and oxygen atoms in total. The van der Waals surface area contributed by atoms with Gasteiger partial charge in [-0.2, -0.15) is 0 Å². The number of β-amino-alcohol motifs (C(OH)–C–C–N with tert-alkyl or cyclic N) is 1. The van der Waals surface area contributed by atoms with Gasteiger partial charge in [0.2, 0.25) is 0 Å². The minimum Gasteiger partial charge on any atom is -0.390 e. The van der Waals surface area contributed by atoms with Gasteiger partial charge in [0.15, 0.2) is 11.6 Å². The van der Waals surface area contributed by atoms with Gasteiger partial charge in [0, 0.05) is 25.7 Å². The van der Waals surface area contributed by atoms with Crippen LogP contribution in [0.5, 0.6) is 0 Å². The third kappa shape index (κ3) is 3.54. The van der Waals surface area contributed by atoms with Gasteiger partial charge in [0.25, 0.3) is 5.56 Å². The van der Waals surface area contributed by atoms with Crippen molar-refractivity contribution in [3.8, 4) is 0 Å². The van der Waals surface area contributed by atoms with Crippen molar-refractivity contribution in [2.45, 2.75) is 12.6 Å². The normalized spacial score (nSPS) is 17.5. The standard InChI is InChI=1S/C15H17F2N3O3/c16-12-5-11-14(6-13(12)17)18-9-20(15(11)22)8-10(21)7-19-1-3-23-4-2-19/h5-6,9-10,21H,1-4,7-8H2. The van der Waals surface area contributed by atoms with Gasteiger partial charge in [-0.1, -0.05) is 0 Å². The largest absolute Gasteiger partial charge is 0.390 e. The van der Waals surface area contributed by atoms with E-state index in [1.165, 1.54) is 10.9 Å². The van der Waals surface area contributed by atoms with Crippen LogP contribution in [0.3, 0.4) is 0 Å². The van der Waals surface area contributed by atoms with Crippen LogP contribution in [-0.4, -0.2) is 58.5 Å². The lowest BCUT2D eigenvalue weighted by atomic mass is 10.2. The quantitative estimate of drug-likeness (QED) is 0.880. The van der Waals surface area contributed by atoms with Gasteiger partial charge in [-0.3, -0.25) is 14.3 Å². The summed E-state index contributed by atoms with van der Waals surface area (Å²) in [7, 11) is 0. The molecule has 0 bridgehead atoms. The number of aromatic nitrogens is 2. The van der Waals surface area contributed by atoms with Crippen LogP contribution in [0.25, 0.3) is 10.9 Å². The number of hydrogen-bond acceptors (Lipinski definition) is 5. The second-order valence-corrected chi connectivity index (χ2v) is 5.55. The van der Waals surface area contributed by atoms with Crippen molar-refractivity contribution in [1.82, 2.24) is 14.5 Å². The van der Waals surface area contributed by atoms with E-state index in [9.17, 15) is 18.7 Å². The molecular formula is C15H17F2N3O3. The van der Waals surface area contributed by atoms with Gasteiger partial charge < -0.3 is 9.84 Å². The zero-order valence-electron chi connectivity index (χ0n) is 12.4. The zero-order chi connectivity index (χ0) is 16.4. The molecule has 1 saturated heterocycles.